The molecule has 20 heavy (non-hydrogen) atoms. The average Bonchev–Trinajstić information content (AvgIpc) is 2.25. The fourth-order valence-corrected chi connectivity index (χ4v) is 3.37. The Labute approximate surface area is 114 Å². The first-order chi connectivity index (χ1) is 9.28. The van der Waals surface area contributed by atoms with Crippen LogP contribution in [-0.2, 0) is 14.8 Å². The molecule has 1 saturated carbocycles. The number of hydrogen-bond acceptors (Lipinski definition) is 3. The minimum atomic E-state index is -4.43. The van der Waals surface area contributed by atoms with Crippen LogP contribution >= 0.6 is 0 Å². The first-order valence-electron chi connectivity index (χ1n) is 5.96. The fourth-order valence-electron chi connectivity index (χ4n) is 2.11. The Balaban J connectivity index is 2.22. The van der Waals surface area contributed by atoms with Crippen molar-refractivity contribution >= 4 is 16.0 Å². The van der Waals surface area contributed by atoms with Crippen LogP contribution in [0, 0.1) is 17.0 Å². The number of benzene rings is 1. The molecule has 0 aliphatic heterocycles. The van der Waals surface area contributed by atoms with Crippen LogP contribution in [-0.4, -0.2) is 26.0 Å². The Morgan fingerprint density at radius 2 is 1.85 bits per heavy atom. The van der Waals surface area contributed by atoms with Gasteiger partial charge in [0.1, 0.15) is 11.6 Å². The summed E-state index contributed by atoms with van der Waals surface area (Å²) in [5.74, 6) is -3.54. The van der Waals surface area contributed by atoms with Crippen molar-refractivity contribution in [2.24, 2.45) is 5.41 Å². The highest BCUT2D eigenvalue weighted by atomic mass is 32.2. The lowest BCUT2D eigenvalue weighted by molar-refractivity contribution is -0.153. The molecule has 0 heterocycles. The Bertz CT molecular complexity index is 621. The second kappa shape index (κ2) is 5.10. The summed E-state index contributed by atoms with van der Waals surface area (Å²) < 4.78 is 52.7. The first-order valence-corrected chi connectivity index (χ1v) is 7.44. The summed E-state index contributed by atoms with van der Waals surface area (Å²) in [4.78, 5) is 10.0. The van der Waals surface area contributed by atoms with Crippen molar-refractivity contribution in [2.45, 2.75) is 24.2 Å². The van der Waals surface area contributed by atoms with E-state index in [1.54, 1.807) is 0 Å². The molecule has 5 nitrogen and oxygen atoms in total. The number of nitrogens with one attached hydrogen (secondary N) is 1. The number of carboxylic acid groups (broad SMARTS) is 1. The van der Waals surface area contributed by atoms with Crippen LogP contribution in [0.2, 0.25) is 0 Å². The predicted octanol–water partition coefficient (Wildman–Crippen LogP) is 1.50. The number of sulfonamides is 1. The van der Waals surface area contributed by atoms with E-state index in [-0.39, 0.29) is 6.54 Å². The second-order valence-electron chi connectivity index (χ2n) is 4.81. The van der Waals surface area contributed by atoms with Crippen molar-refractivity contribution in [3.05, 3.63) is 29.8 Å². The van der Waals surface area contributed by atoms with Gasteiger partial charge in [0, 0.05) is 6.54 Å². The van der Waals surface area contributed by atoms with Gasteiger partial charge in [-0.05, 0) is 25.0 Å². The second-order valence-corrected chi connectivity index (χ2v) is 6.52. The highest BCUT2D eigenvalue weighted by Crippen LogP contribution is 2.40. The third-order valence-electron chi connectivity index (χ3n) is 3.55. The standard InChI is InChI=1S/C12H13F2NO4S/c13-8-3-1-4-9(14)10(8)20(18,19)15-7-12(11(16)17)5-2-6-12/h1,3-4,15H,2,5-7H2,(H,16,17). The van der Waals surface area contributed by atoms with Gasteiger partial charge in [0.15, 0.2) is 4.90 Å². The van der Waals surface area contributed by atoms with Crippen LogP contribution in [0.4, 0.5) is 8.78 Å². The molecular weight excluding hydrogens is 292 g/mol. The zero-order chi connectivity index (χ0) is 15.0. The normalized spacial score (nSPS) is 17.5. The van der Waals surface area contributed by atoms with E-state index in [2.05, 4.69) is 0 Å². The van der Waals surface area contributed by atoms with Crippen LogP contribution in [0.5, 0.6) is 0 Å². The summed E-state index contributed by atoms with van der Waals surface area (Å²) in [7, 11) is -4.43. The number of carbonyl (C=O) groups is 1. The molecule has 0 unspecified atom stereocenters. The average molecular weight is 305 g/mol. The van der Waals surface area contributed by atoms with Gasteiger partial charge in [0.25, 0.3) is 0 Å². The number of hydrogen-bond donors (Lipinski definition) is 2. The quantitative estimate of drug-likeness (QED) is 0.863. The lowest BCUT2D eigenvalue weighted by Gasteiger charge is -2.37. The summed E-state index contributed by atoms with van der Waals surface area (Å²) in [6.45, 7) is -0.377. The molecule has 1 aromatic rings. The molecule has 1 aromatic carbocycles. The van der Waals surface area contributed by atoms with E-state index in [4.69, 9.17) is 5.11 Å². The van der Waals surface area contributed by atoms with E-state index in [9.17, 15) is 22.0 Å². The van der Waals surface area contributed by atoms with Crippen molar-refractivity contribution in [1.82, 2.24) is 4.72 Å². The highest BCUT2D eigenvalue weighted by Gasteiger charge is 2.45. The minimum absolute atomic E-state index is 0.338. The molecule has 0 saturated heterocycles. The van der Waals surface area contributed by atoms with Gasteiger partial charge >= 0.3 is 5.97 Å². The summed E-state index contributed by atoms with van der Waals surface area (Å²) in [5.41, 5.74) is -1.17. The van der Waals surface area contributed by atoms with Crippen LogP contribution in [0.25, 0.3) is 0 Å². The minimum Gasteiger partial charge on any atom is -0.481 e. The van der Waals surface area contributed by atoms with Gasteiger partial charge in [-0.2, -0.15) is 0 Å². The molecule has 1 aliphatic rings. The SMILES string of the molecule is O=C(O)C1(CNS(=O)(=O)c2c(F)cccc2F)CCC1. The molecule has 0 spiro atoms. The molecule has 110 valence electrons. The molecular formula is C12H13F2NO4S. The molecule has 1 aliphatic carbocycles. The molecule has 0 radical (unpaired) electrons. The van der Waals surface area contributed by atoms with E-state index in [1.807, 2.05) is 4.72 Å². The van der Waals surface area contributed by atoms with Crippen molar-refractivity contribution in [2.75, 3.05) is 6.54 Å². The van der Waals surface area contributed by atoms with E-state index >= 15 is 0 Å². The largest absolute Gasteiger partial charge is 0.481 e. The predicted molar refractivity (Wildman–Crippen MR) is 65.5 cm³/mol. The van der Waals surface area contributed by atoms with Crippen molar-refractivity contribution < 1.29 is 27.1 Å². The molecule has 2 N–H and O–H groups in total. The summed E-state index contributed by atoms with van der Waals surface area (Å²) in [6, 6.07) is 2.70. The smallest absolute Gasteiger partial charge is 0.310 e. The zero-order valence-corrected chi connectivity index (χ0v) is 11.2. The van der Waals surface area contributed by atoms with E-state index < -0.39 is 37.9 Å². The lowest BCUT2D eigenvalue weighted by Crippen LogP contribution is -2.47. The molecule has 0 bridgehead atoms. The van der Waals surface area contributed by atoms with Crippen LogP contribution in [0.3, 0.4) is 0 Å². The van der Waals surface area contributed by atoms with E-state index in [0.29, 0.717) is 19.3 Å². The van der Waals surface area contributed by atoms with Gasteiger partial charge in [0.2, 0.25) is 10.0 Å². The van der Waals surface area contributed by atoms with Crippen LogP contribution < -0.4 is 4.72 Å². The first kappa shape index (κ1) is 14.9. The summed E-state index contributed by atoms with van der Waals surface area (Å²) in [6.07, 6.45) is 1.36. The summed E-state index contributed by atoms with van der Waals surface area (Å²) in [5, 5.41) is 9.08. The van der Waals surface area contributed by atoms with Gasteiger partial charge in [-0.3, -0.25) is 4.79 Å². The monoisotopic (exact) mass is 305 g/mol. The maximum absolute atomic E-state index is 13.4. The fraction of sp³-hybridized carbons (Fsp3) is 0.417. The maximum Gasteiger partial charge on any atom is 0.310 e. The van der Waals surface area contributed by atoms with Gasteiger partial charge < -0.3 is 5.11 Å². The summed E-state index contributed by atoms with van der Waals surface area (Å²) >= 11 is 0. The van der Waals surface area contributed by atoms with Gasteiger partial charge in [-0.1, -0.05) is 12.5 Å². The Kier molecular flexibility index (Phi) is 3.79. The van der Waals surface area contributed by atoms with E-state index in [0.717, 1.165) is 18.2 Å². The molecule has 1 fully saturated rings. The zero-order valence-electron chi connectivity index (χ0n) is 10.4. The molecule has 8 heteroatoms. The molecule has 2 rings (SSSR count). The Morgan fingerprint density at radius 1 is 1.30 bits per heavy atom. The number of aliphatic carboxylic acids is 1. The number of rotatable bonds is 5. The molecule has 0 atom stereocenters. The number of halogens is 2. The molecule has 0 amide bonds. The number of carboxylic acids is 1. The van der Waals surface area contributed by atoms with Gasteiger partial charge in [-0.15, -0.1) is 0 Å². The maximum atomic E-state index is 13.4. The van der Waals surface area contributed by atoms with Gasteiger partial charge in [0.05, 0.1) is 5.41 Å². The van der Waals surface area contributed by atoms with Crippen molar-refractivity contribution in [3.63, 3.8) is 0 Å². The lowest BCUT2D eigenvalue weighted by atomic mass is 9.69. The third kappa shape index (κ3) is 2.53. The Morgan fingerprint density at radius 3 is 2.25 bits per heavy atom. The van der Waals surface area contributed by atoms with Crippen molar-refractivity contribution in [1.29, 1.82) is 0 Å². The van der Waals surface area contributed by atoms with E-state index in [1.165, 1.54) is 0 Å². The molecule has 0 aromatic heterocycles. The Hall–Kier alpha value is -1.54. The van der Waals surface area contributed by atoms with Crippen LogP contribution in [0.15, 0.2) is 23.1 Å². The highest BCUT2D eigenvalue weighted by molar-refractivity contribution is 7.89. The third-order valence-corrected chi connectivity index (χ3v) is 5.00. The van der Waals surface area contributed by atoms with Gasteiger partial charge in [-0.25, -0.2) is 21.9 Å². The topological polar surface area (TPSA) is 83.5 Å². The van der Waals surface area contributed by atoms with Crippen molar-refractivity contribution in [3.8, 4) is 0 Å². The van der Waals surface area contributed by atoms with Crippen LogP contribution in [0.1, 0.15) is 19.3 Å².